The summed E-state index contributed by atoms with van der Waals surface area (Å²) in [7, 11) is -1.75. The number of ketones is 2. The Kier molecular flexibility index (Phi) is 4.14. The zero-order valence-corrected chi connectivity index (χ0v) is 20.3. The third-order valence-corrected chi connectivity index (χ3v) is 12.5. The Balaban J connectivity index is 1.44. The normalized spacial score (nSPS) is 16.3. The average Bonchev–Trinajstić information content (AvgIpc) is 3.54. The second kappa shape index (κ2) is 6.71. The van der Waals surface area contributed by atoms with Gasteiger partial charge in [-0.1, -0.05) is 31.3 Å². The number of allylic oxidation sites excluding steroid dienone is 1. The van der Waals surface area contributed by atoms with Gasteiger partial charge in [0.2, 0.25) is 0 Å². The van der Waals surface area contributed by atoms with E-state index in [0.29, 0.717) is 11.1 Å². The van der Waals surface area contributed by atoms with Crippen molar-refractivity contribution in [2.45, 2.75) is 13.1 Å². The maximum atomic E-state index is 12.7. The molecule has 4 heterocycles. The Morgan fingerprint density at radius 3 is 2.42 bits per heavy atom. The van der Waals surface area contributed by atoms with E-state index in [0.717, 1.165) is 9.88 Å². The van der Waals surface area contributed by atoms with Crippen molar-refractivity contribution in [2.75, 3.05) is 4.90 Å². The molecule has 1 aliphatic heterocycles. The summed E-state index contributed by atoms with van der Waals surface area (Å²) in [6, 6.07) is 15.1. The van der Waals surface area contributed by atoms with Crippen LogP contribution in [0.4, 0.5) is 15.7 Å². The van der Waals surface area contributed by atoms with Gasteiger partial charge in [-0.05, 0) is 46.1 Å². The van der Waals surface area contributed by atoms with Crippen LogP contribution in [0.1, 0.15) is 25.6 Å². The summed E-state index contributed by atoms with van der Waals surface area (Å²) in [5.41, 5.74) is 2.59. The van der Waals surface area contributed by atoms with Crippen LogP contribution in [0.25, 0.3) is 6.08 Å². The van der Waals surface area contributed by atoms with Crippen molar-refractivity contribution in [1.29, 1.82) is 0 Å². The fourth-order valence-corrected chi connectivity index (χ4v) is 11.0. The van der Waals surface area contributed by atoms with Gasteiger partial charge in [-0.25, -0.2) is 0 Å². The Hall–Kier alpha value is -2.58. The van der Waals surface area contributed by atoms with Gasteiger partial charge in [-0.15, -0.1) is 22.7 Å². The molecule has 0 radical (unpaired) electrons. The topological polar surface area (TPSA) is 37.4 Å². The number of nitrogens with zero attached hydrogens (tertiary/aromatic N) is 1. The smallest absolute Gasteiger partial charge is 0.198 e. The minimum absolute atomic E-state index is 0.159. The number of anilines is 3. The van der Waals surface area contributed by atoms with Gasteiger partial charge in [-0.3, -0.25) is 14.5 Å². The van der Waals surface area contributed by atoms with Gasteiger partial charge in [0.05, 0.1) is 5.57 Å². The van der Waals surface area contributed by atoms with Crippen LogP contribution < -0.4 is 15.3 Å². The van der Waals surface area contributed by atoms with Crippen molar-refractivity contribution >= 4 is 85.8 Å². The first-order valence-corrected chi connectivity index (χ1v) is 15.6. The number of carbonyl (C=O) groups is 2. The highest BCUT2D eigenvalue weighted by Crippen LogP contribution is 2.44. The zero-order valence-electron chi connectivity index (χ0n) is 16.8. The number of hydrogen-bond acceptors (Lipinski definition) is 6. The molecular weight excluding hydrogens is 459 g/mol. The molecule has 3 aromatic heterocycles. The summed E-state index contributed by atoms with van der Waals surface area (Å²) in [4.78, 5) is 28.6. The number of thiophene rings is 3. The number of carbonyl (C=O) groups excluding carboxylic acids is 2. The van der Waals surface area contributed by atoms with Crippen LogP contribution in [-0.2, 0) is 0 Å². The molecule has 0 bridgehead atoms. The van der Waals surface area contributed by atoms with Crippen LogP contribution in [0.2, 0.25) is 13.1 Å². The zero-order chi connectivity index (χ0) is 21.3. The Bertz CT molecular complexity index is 1390. The first kappa shape index (κ1) is 19.1. The van der Waals surface area contributed by atoms with Gasteiger partial charge < -0.3 is 0 Å². The molecular formula is C24H17NO2S3Si. The molecule has 4 aromatic rings. The van der Waals surface area contributed by atoms with Crippen molar-refractivity contribution < 1.29 is 9.59 Å². The molecule has 152 valence electrons. The van der Waals surface area contributed by atoms with Gasteiger partial charge in [0, 0.05) is 32.5 Å². The highest BCUT2D eigenvalue weighted by atomic mass is 32.1. The van der Waals surface area contributed by atoms with Crippen molar-refractivity contribution in [2.24, 2.45) is 0 Å². The van der Waals surface area contributed by atoms with E-state index in [1.54, 1.807) is 39.5 Å². The van der Waals surface area contributed by atoms with Crippen molar-refractivity contribution in [3.05, 3.63) is 80.2 Å². The van der Waals surface area contributed by atoms with Gasteiger partial charge >= 0.3 is 0 Å². The van der Waals surface area contributed by atoms with E-state index in [9.17, 15) is 9.59 Å². The molecule has 0 spiro atoms. The van der Waals surface area contributed by atoms with Gasteiger partial charge in [-0.2, -0.15) is 11.3 Å². The van der Waals surface area contributed by atoms with E-state index in [2.05, 4.69) is 59.8 Å². The lowest BCUT2D eigenvalue weighted by Gasteiger charge is -2.38. The van der Waals surface area contributed by atoms with E-state index in [-0.39, 0.29) is 17.1 Å². The highest BCUT2D eigenvalue weighted by Gasteiger charge is 2.39. The molecule has 6 rings (SSSR count). The second-order valence-electron chi connectivity index (χ2n) is 8.21. The lowest BCUT2D eigenvalue weighted by molar-refractivity contribution is 0.0990. The minimum Gasteiger partial charge on any atom is -0.293 e. The maximum Gasteiger partial charge on any atom is 0.198 e. The summed E-state index contributed by atoms with van der Waals surface area (Å²) in [5, 5.41) is 11.0. The molecule has 0 saturated carbocycles. The molecule has 31 heavy (non-hydrogen) atoms. The summed E-state index contributed by atoms with van der Waals surface area (Å²) in [5.74, 6) is -0.319. The first-order valence-electron chi connectivity index (χ1n) is 9.91. The number of Topliss-reactive ketones (excluding diaryl/α,β-unsaturated/α-hetero) is 2. The number of para-hydroxylation sites is 1. The van der Waals surface area contributed by atoms with Crippen LogP contribution >= 0.6 is 34.0 Å². The standard InChI is InChI=1S/C24H17NO2S3Si/c1-31(2)19-6-4-3-5-18(19)25(24-20(31)9-10-29-24)21-8-7-14(30-21)11-15-22(26)16-12-28-13-17(16)23(15)27/h3-13H,1-2H3. The van der Waals surface area contributed by atoms with Gasteiger partial charge in [0.25, 0.3) is 0 Å². The summed E-state index contributed by atoms with van der Waals surface area (Å²) >= 11 is 4.79. The average molecular weight is 476 g/mol. The Morgan fingerprint density at radius 1 is 0.903 bits per heavy atom. The number of fused-ring (bicyclic) bond motifs is 3. The molecule has 0 unspecified atom stereocenters. The van der Waals surface area contributed by atoms with Crippen LogP contribution in [-0.4, -0.2) is 19.6 Å². The summed E-state index contributed by atoms with van der Waals surface area (Å²) in [6.07, 6.45) is 1.76. The fraction of sp³-hybridized carbons (Fsp3) is 0.0833. The second-order valence-corrected chi connectivity index (χ2v) is 15.3. The molecule has 1 aromatic carbocycles. The minimum atomic E-state index is -1.75. The van der Waals surface area contributed by atoms with Crippen molar-refractivity contribution in [1.82, 2.24) is 0 Å². The van der Waals surface area contributed by atoms with Crippen molar-refractivity contribution in [3.63, 3.8) is 0 Å². The van der Waals surface area contributed by atoms with Crippen LogP contribution in [0.3, 0.4) is 0 Å². The van der Waals surface area contributed by atoms with Crippen molar-refractivity contribution in [3.8, 4) is 0 Å². The molecule has 3 nitrogen and oxygen atoms in total. The predicted molar refractivity (Wildman–Crippen MR) is 135 cm³/mol. The molecule has 2 aliphatic rings. The lowest BCUT2D eigenvalue weighted by atomic mass is 10.1. The van der Waals surface area contributed by atoms with Crippen LogP contribution in [0, 0.1) is 0 Å². The molecule has 0 saturated heterocycles. The summed E-state index contributed by atoms with van der Waals surface area (Å²) < 4.78 is 0. The monoisotopic (exact) mass is 475 g/mol. The van der Waals surface area contributed by atoms with Crippen LogP contribution in [0.15, 0.2) is 64.2 Å². The van der Waals surface area contributed by atoms with E-state index >= 15 is 0 Å². The van der Waals surface area contributed by atoms with Crippen LogP contribution in [0.5, 0.6) is 0 Å². The number of benzene rings is 1. The molecule has 7 heteroatoms. The van der Waals surface area contributed by atoms with E-state index in [4.69, 9.17) is 0 Å². The molecule has 0 amide bonds. The Morgan fingerprint density at radius 2 is 1.65 bits per heavy atom. The highest BCUT2D eigenvalue weighted by molar-refractivity contribution is 7.21. The van der Waals surface area contributed by atoms with E-state index < -0.39 is 8.07 Å². The SMILES string of the molecule is C[Si]1(C)c2ccccc2N(c2ccc(C=C3C(=O)c4cscc4C3=O)s2)c2sccc21. The molecule has 0 fully saturated rings. The summed E-state index contributed by atoms with van der Waals surface area (Å²) in [6.45, 7) is 4.82. The first-order chi connectivity index (χ1) is 15.0. The molecule has 1 aliphatic carbocycles. The quantitative estimate of drug-likeness (QED) is 0.205. The third-order valence-electron chi connectivity index (χ3n) is 6.10. The fourth-order valence-electron chi connectivity index (χ4n) is 4.48. The molecule has 0 N–H and O–H groups in total. The maximum absolute atomic E-state index is 12.7. The predicted octanol–water partition coefficient (Wildman–Crippen LogP) is 5.94. The van der Waals surface area contributed by atoms with E-state index in [1.165, 1.54) is 32.4 Å². The number of rotatable bonds is 2. The Labute approximate surface area is 192 Å². The number of hydrogen-bond donors (Lipinski definition) is 0. The molecule has 0 atom stereocenters. The lowest BCUT2D eigenvalue weighted by Crippen LogP contribution is -2.57. The van der Waals surface area contributed by atoms with Gasteiger partial charge in [0.15, 0.2) is 11.6 Å². The largest absolute Gasteiger partial charge is 0.293 e. The van der Waals surface area contributed by atoms with Gasteiger partial charge in [0.1, 0.15) is 18.1 Å². The van der Waals surface area contributed by atoms with E-state index in [1.807, 2.05) is 6.07 Å². The third kappa shape index (κ3) is 2.67.